The molecule has 1 heterocycles. The number of nitrogens with zero attached hydrogens (tertiary/aromatic N) is 2. The predicted octanol–water partition coefficient (Wildman–Crippen LogP) is 3.19. The van der Waals surface area contributed by atoms with Crippen LogP contribution in [0.15, 0.2) is 41.8 Å². The Bertz CT molecular complexity index is 621. The van der Waals surface area contributed by atoms with Gasteiger partial charge in [-0.2, -0.15) is 0 Å². The molecule has 1 unspecified atom stereocenters. The van der Waals surface area contributed by atoms with Gasteiger partial charge in [0.15, 0.2) is 5.16 Å². The van der Waals surface area contributed by atoms with Gasteiger partial charge in [0.25, 0.3) is 0 Å². The second-order valence-electron chi connectivity index (χ2n) is 5.34. The third-order valence-corrected chi connectivity index (χ3v) is 4.05. The summed E-state index contributed by atoms with van der Waals surface area (Å²) in [6.07, 6.45) is 3.68. The quantitative estimate of drug-likeness (QED) is 0.863. The Kier molecular flexibility index (Phi) is 5.07. The summed E-state index contributed by atoms with van der Waals surface area (Å²) < 4.78 is 2.01. The molecule has 0 aliphatic rings. The van der Waals surface area contributed by atoms with Crippen molar-refractivity contribution in [2.45, 2.75) is 44.1 Å². The van der Waals surface area contributed by atoms with Gasteiger partial charge in [-0.25, -0.2) is 4.98 Å². The van der Waals surface area contributed by atoms with Crippen molar-refractivity contribution in [2.24, 2.45) is 0 Å². The van der Waals surface area contributed by atoms with Crippen LogP contribution in [0.25, 0.3) is 5.69 Å². The fourth-order valence-corrected chi connectivity index (χ4v) is 2.86. The molecule has 1 amide bonds. The predicted molar refractivity (Wildman–Crippen MR) is 86.9 cm³/mol. The number of amides is 1. The van der Waals surface area contributed by atoms with Gasteiger partial charge >= 0.3 is 0 Å². The smallest absolute Gasteiger partial charge is 0.233 e. The average Bonchev–Trinajstić information content (AvgIpc) is 2.86. The minimum Gasteiger partial charge on any atom is -0.353 e. The number of carbonyl (C=O) groups is 1. The van der Waals surface area contributed by atoms with Crippen LogP contribution in [0.3, 0.4) is 0 Å². The Labute approximate surface area is 130 Å². The molecule has 1 aromatic carbocycles. The van der Waals surface area contributed by atoms with Crippen molar-refractivity contribution in [3.8, 4) is 5.69 Å². The third kappa shape index (κ3) is 4.11. The van der Waals surface area contributed by atoms with Crippen LogP contribution < -0.4 is 5.32 Å². The van der Waals surface area contributed by atoms with E-state index in [9.17, 15) is 4.79 Å². The fourth-order valence-electron chi connectivity index (χ4n) is 1.96. The molecule has 0 saturated heterocycles. The van der Waals surface area contributed by atoms with E-state index in [0.717, 1.165) is 10.8 Å². The van der Waals surface area contributed by atoms with Crippen molar-refractivity contribution >= 4 is 17.7 Å². The summed E-state index contributed by atoms with van der Waals surface area (Å²) in [5.74, 6) is 0.0359. The summed E-state index contributed by atoms with van der Waals surface area (Å²) in [6.45, 7) is 7.88. The number of aromatic nitrogens is 2. The van der Waals surface area contributed by atoms with Crippen molar-refractivity contribution < 1.29 is 4.79 Å². The molecular formula is C16H21N3OS. The molecule has 0 radical (unpaired) electrons. The van der Waals surface area contributed by atoms with Crippen LogP contribution in [-0.4, -0.2) is 26.8 Å². The molecule has 0 bridgehead atoms. The second kappa shape index (κ2) is 6.80. The number of aryl methyl sites for hydroxylation is 1. The lowest BCUT2D eigenvalue weighted by Gasteiger charge is -2.15. The van der Waals surface area contributed by atoms with E-state index in [-0.39, 0.29) is 17.2 Å². The summed E-state index contributed by atoms with van der Waals surface area (Å²) in [6, 6.07) is 8.37. The van der Waals surface area contributed by atoms with E-state index in [4.69, 9.17) is 0 Å². The Morgan fingerprint density at radius 2 is 2.10 bits per heavy atom. The van der Waals surface area contributed by atoms with E-state index in [1.807, 2.05) is 43.7 Å². The minimum atomic E-state index is -0.182. The number of carbonyl (C=O) groups excluding carboxylic acids is 1. The van der Waals surface area contributed by atoms with Crippen molar-refractivity contribution in [2.75, 3.05) is 0 Å². The fraction of sp³-hybridized carbons (Fsp3) is 0.375. The number of nitrogens with one attached hydrogen (secondary N) is 1. The van der Waals surface area contributed by atoms with Crippen molar-refractivity contribution in [3.05, 3.63) is 42.2 Å². The highest BCUT2D eigenvalue weighted by atomic mass is 32.2. The summed E-state index contributed by atoms with van der Waals surface area (Å²) in [5, 5.41) is 3.57. The van der Waals surface area contributed by atoms with Gasteiger partial charge in [0.05, 0.1) is 5.25 Å². The van der Waals surface area contributed by atoms with Crippen LogP contribution in [-0.2, 0) is 4.79 Å². The molecular weight excluding hydrogens is 282 g/mol. The van der Waals surface area contributed by atoms with E-state index in [0.29, 0.717) is 0 Å². The van der Waals surface area contributed by atoms with Gasteiger partial charge in [-0.15, -0.1) is 0 Å². The Morgan fingerprint density at radius 1 is 1.33 bits per heavy atom. The van der Waals surface area contributed by atoms with Crippen LogP contribution in [0, 0.1) is 6.92 Å². The summed E-state index contributed by atoms with van der Waals surface area (Å²) >= 11 is 1.47. The van der Waals surface area contributed by atoms with Crippen LogP contribution >= 0.6 is 11.8 Å². The number of imidazole rings is 1. The highest BCUT2D eigenvalue weighted by molar-refractivity contribution is 8.00. The van der Waals surface area contributed by atoms with Gasteiger partial charge in [0, 0.05) is 24.1 Å². The van der Waals surface area contributed by atoms with Crippen LogP contribution in [0.5, 0.6) is 0 Å². The van der Waals surface area contributed by atoms with Crippen LogP contribution in [0.2, 0.25) is 0 Å². The molecule has 0 aliphatic heterocycles. The van der Waals surface area contributed by atoms with Gasteiger partial charge in [-0.05, 0) is 45.4 Å². The lowest BCUT2D eigenvalue weighted by atomic mass is 10.2. The zero-order valence-corrected chi connectivity index (χ0v) is 13.6. The monoisotopic (exact) mass is 303 g/mol. The van der Waals surface area contributed by atoms with Crippen molar-refractivity contribution in [1.29, 1.82) is 0 Å². The number of thioether (sulfide) groups is 1. The minimum absolute atomic E-state index is 0.0359. The Hall–Kier alpha value is -1.75. The summed E-state index contributed by atoms with van der Waals surface area (Å²) in [5.41, 5.74) is 2.26. The van der Waals surface area contributed by atoms with Gasteiger partial charge < -0.3 is 5.32 Å². The maximum absolute atomic E-state index is 12.0. The first-order valence-corrected chi connectivity index (χ1v) is 7.92. The Morgan fingerprint density at radius 3 is 2.76 bits per heavy atom. The molecule has 1 aromatic heterocycles. The van der Waals surface area contributed by atoms with E-state index >= 15 is 0 Å². The zero-order valence-electron chi connectivity index (χ0n) is 12.8. The van der Waals surface area contributed by atoms with Crippen molar-refractivity contribution in [3.63, 3.8) is 0 Å². The zero-order chi connectivity index (χ0) is 15.4. The topological polar surface area (TPSA) is 46.9 Å². The molecule has 4 nitrogen and oxygen atoms in total. The second-order valence-corrected chi connectivity index (χ2v) is 6.65. The maximum atomic E-state index is 12.0. The van der Waals surface area contributed by atoms with E-state index in [1.54, 1.807) is 6.20 Å². The van der Waals surface area contributed by atoms with E-state index in [2.05, 4.69) is 29.4 Å². The molecule has 0 fully saturated rings. The molecule has 0 saturated carbocycles. The molecule has 2 rings (SSSR count). The molecule has 0 spiro atoms. The number of hydrogen-bond donors (Lipinski definition) is 1. The Balaban J connectivity index is 2.16. The van der Waals surface area contributed by atoms with Gasteiger partial charge in [0.2, 0.25) is 5.91 Å². The molecule has 2 aromatic rings. The molecule has 1 N–H and O–H groups in total. The lowest BCUT2D eigenvalue weighted by molar-refractivity contribution is -0.120. The number of hydrogen-bond acceptors (Lipinski definition) is 3. The van der Waals surface area contributed by atoms with Gasteiger partial charge in [0.1, 0.15) is 0 Å². The SMILES string of the molecule is Cc1cccc(-n2ccnc2SC(C)C(=O)NC(C)C)c1. The van der Waals surface area contributed by atoms with E-state index in [1.165, 1.54) is 17.3 Å². The molecule has 21 heavy (non-hydrogen) atoms. The highest BCUT2D eigenvalue weighted by Gasteiger charge is 2.18. The molecule has 5 heteroatoms. The molecule has 1 atom stereocenters. The third-order valence-electron chi connectivity index (χ3n) is 2.97. The van der Waals surface area contributed by atoms with Gasteiger partial charge in [-0.1, -0.05) is 23.9 Å². The van der Waals surface area contributed by atoms with Crippen molar-refractivity contribution in [1.82, 2.24) is 14.9 Å². The molecule has 112 valence electrons. The summed E-state index contributed by atoms with van der Waals surface area (Å²) in [4.78, 5) is 16.4. The van der Waals surface area contributed by atoms with Crippen LogP contribution in [0.1, 0.15) is 26.3 Å². The first-order valence-electron chi connectivity index (χ1n) is 7.05. The first-order chi connectivity index (χ1) is 9.97. The first kappa shape index (κ1) is 15.6. The average molecular weight is 303 g/mol. The summed E-state index contributed by atoms with van der Waals surface area (Å²) in [7, 11) is 0. The standard InChI is InChI=1S/C16H21N3OS/c1-11(2)18-15(20)13(4)21-16-17-8-9-19(16)14-7-5-6-12(3)10-14/h5-11,13H,1-4H3,(H,18,20). The van der Waals surface area contributed by atoms with Crippen LogP contribution in [0.4, 0.5) is 0 Å². The number of rotatable bonds is 5. The molecule has 0 aliphatic carbocycles. The highest BCUT2D eigenvalue weighted by Crippen LogP contribution is 2.25. The normalized spacial score (nSPS) is 12.4. The van der Waals surface area contributed by atoms with E-state index < -0.39 is 0 Å². The maximum Gasteiger partial charge on any atom is 0.233 e. The number of benzene rings is 1. The van der Waals surface area contributed by atoms with Gasteiger partial charge in [-0.3, -0.25) is 9.36 Å². The lowest BCUT2D eigenvalue weighted by Crippen LogP contribution is -2.36. The largest absolute Gasteiger partial charge is 0.353 e.